The van der Waals surface area contributed by atoms with E-state index in [-0.39, 0.29) is 17.1 Å². The normalized spacial score (nSPS) is 9.62. The van der Waals surface area contributed by atoms with Crippen molar-refractivity contribution in [1.82, 2.24) is 0 Å². The summed E-state index contributed by atoms with van der Waals surface area (Å²) in [5, 5.41) is 17.2. The number of methoxy groups -OCH3 is 1. The predicted molar refractivity (Wildman–Crippen MR) is 52.7 cm³/mol. The van der Waals surface area contributed by atoms with Crippen LogP contribution in [0.4, 0.5) is 0 Å². The van der Waals surface area contributed by atoms with E-state index < -0.39 is 18.5 Å². The summed E-state index contributed by atoms with van der Waals surface area (Å²) in [5.41, 5.74) is 0.0145. The first-order chi connectivity index (χ1) is 7.58. The van der Waals surface area contributed by atoms with Gasteiger partial charge in [0.05, 0.1) is 12.7 Å². The Kier molecular flexibility index (Phi) is 3.84. The lowest BCUT2D eigenvalue weighted by Gasteiger charge is -2.08. The van der Waals surface area contributed by atoms with Crippen molar-refractivity contribution in [2.45, 2.75) is 0 Å². The third-order valence-electron chi connectivity index (χ3n) is 1.76. The molecule has 0 amide bonds. The highest BCUT2D eigenvalue weighted by Crippen LogP contribution is 2.28. The van der Waals surface area contributed by atoms with E-state index in [9.17, 15) is 9.59 Å². The molecule has 86 valence electrons. The molecule has 0 spiro atoms. The van der Waals surface area contributed by atoms with Gasteiger partial charge in [0.1, 0.15) is 6.61 Å². The van der Waals surface area contributed by atoms with Gasteiger partial charge in [0.25, 0.3) is 0 Å². The number of carbonyl (C=O) groups excluding carboxylic acids is 1. The van der Waals surface area contributed by atoms with Crippen molar-refractivity contribution in [3.8, 4) is 11.5 Å². The van der Waals surface area contributed by atoms with Gasteiger partial charge in [-0.1, -0.05) is 0 Å². The molecule has 6 heteroatoms. The van der Waals surface area contributed by atoms with Crippen LogP contribution in [0.2, 0.25) is 0 Å². The number of esters is 1. The smallest absolute Gasteiger partial charge is 0.337 e. The third-order valence-corrected chi connectivity index (χ3v) is 1.76. The molecular formula is C10H10O6. The van der Waals surface area contributed by atoms with Crippen LogP contribution in [0.5, 0.6) is 11.5 Å². The summed E-state index contributed by atoms with van der Waals surface area (Å²) in [6.45, 7) is -0.760. The van der Waals surface area contributed by atoms with Crippen molar-refractivity contribution in [3.63, 3.8) is 0 Å². The maximum atomic E-state index is 10.8. The van der Waals surface area contributed by atoms with E-state index in [1.54, 1.807) is 0 Å². The highest BCUT2D eigenvalue weighted by molar-refractivity contribution is 5.88. The van der Waals surface area contributed by atoms with Gasteiger partial charge in [-0.25, -0.2) is 9.59 Å². The predicted octanol–water partition coefficient (Wildman–Crippen LogP) is 0.291. The maximum Gasteiger partial charge on any atom is 0.337 e. The van der Waals surface area contributed by atoms with Crippen LogP contribution in [-0.4, -0.2) is 35.9 Å². The average Bonchev–Trinajstić information content (AvgIpc) is 2.29. The number of aromatic carboxylic acids is 1. The first-order valence-corrected chi connectivity index (χ1v) is 4.31. The molecule has 1 aromatic rings. The monoisotopic (exact) mass is 226 g/mol. The second kappa shape index (κ2) is 5.13. The standard InChI is InChI=1S/C10H10O6/c1-15-8-4-6(10(13)14)2-3-7(8)16-9(12)5-11/h2-4,11H,5H2,1H3,(H,13,14). The van der Waals surface area contributed by atoms with Crippen molar-refractivity contribution in [2.24, 2.45) is 0 Å². The van der Waals surface area contributed by atoms with Crippen LogP contribution in [0.15, 0.2) is 18.2 Å². The summed E-state index contributed by atoms with van der Waals surface area (Å²) < 4.78 is 9.57. The minimum absolute atomic E-state index is 0.0145. The highest BCUT2D eigenvalue weighted by atomic mass is 16.6. The molecule has 1 aromatic carbocycles. The zero-order valence-electron chi connectivity index (χ0n) is 8.47. The molecule has 0 atom stereocenters. The van der Waals surface area contributed by atoms with Crippen LogP contribution >= 0.6 is 0 Å². The number of carboxylic acids is 1. The lowest BCUT2D eigenvalue weighted by Crippen LogP contribution is -2.13. The van der Waals surface area contributed by atoms with Crippen molar-refractivity contribution < 1.29 is 29.3 Å². The average molecular weight is 226 g/mol. The Bertz CT molecular complexity index is 412. The minimum atomic E-state index is -1.11. The van der Waals surface area contributed by atoms with Gasteiger partial charge >= 0.3 is 11.9 Å². The second-order valence-corrected chi connectivity index (χ2v) is 2.80. The number of rotatable bonds is 4. The molecule has 0 saturated carbocycles. The SMILES string of the molecule is COc1cc(C(=O)O)ccc1OC(=O)CO. The number of ether oxygens (including phenoxy) is 2. The van der Waals surface area contributed by atoms with Gasteiger partial charge < -0.3 is 19.7 Å². The molecule has 0 saturated heterocycles. The van der Waals surface area contributed by atoms with Crippen molar-refractivity contribution in [3.05, 3.63) is 23.8 Å². The number of hydrogen-bond acceptors (Lipinski definition) is 5. The van der Waals surface area contributed by atoms with Gasteiger partial charge in [0.15, 0.2) is 11.5 Å². The van der Waals surface area contributed by atoms with Gasteiger partial charge in [-0.05, 0) is 18.2 Å². The number of benzene rings is 1. The van der Waals surface area contributed by atoms with E-state index in [0.717, 1.165) is 0 Å². The van der Waals surface area contributed by atoms with E-state index in [1.165, 1.54) is 25.3 Å². The lowest BCUT2D eigenvalue weighted by atomic mass is 10.2. The fourth-order valence-corrected chi connectivity index (χ4v) is 1.04. The molecule has 0 aliphatic carbocycles. The molecule has 0 heterocycles. The van der Waals surface area contributed by atoms with E-state index in [4.69, 9.17) is 19.7 Å². The molecular weight excluding hydrogens is 216 g/mol. The van der Waals surface area contributed by atoms with E-state index in [1.807, 2.05) is 0 Å². The summed E-state index contributed by atoms with van der Waals surface area (Å²) in [7, 11) is 1.32. The van der Waals surface area contributed by atoms with Gasteiger partial charge in [-0.15, -0.1) is 0 Å². The number of carbonyl (C=O) groups is 2. The van der Waals surface area contributed by atoms with Gasteiger partial charge in [-0.2, -0.15) is 0 Å². The van der Waals surface area contributed by atoms with Crippen LogP contribution in [-0.2, 0) is 4.79 Å². The van der Waals surface area contributed by atoms with E-state index in [2.05, 4.69) is 0 Å². The summed E-state index contributed by atoms with van der Waals surface area (Å²) >= 11 is 0. The molecule has 0 bridgehead atoms. The zero-order valence-corrected chi connectivity index (χ0v) is 8.47. The van der Waals surface area contributed by atoms with Crippen LogP contribution in [0.1, 0.15) is 10.4 Å². The summed E-state index contributed by atoms with van der Waals surface area (Å²) in [5.74, 6) is -1.78. The molecule has 1 rings (SSSR count). The van der Waals surface area contributed by atoms with Crippen LogP contribution in [0.3, 0.4) is 0 Å². The van der Waals surface area contributed by atoms with E-state index >= 15 is 0 Å². The molecule has 0 aromatic heterocycles. The minimum Gasteiger partial charge on any atom is -0.493 e. The van der Waals surface area contributed by atoms with Crippen LogP contribution in [0.25, 0.3) is 0 Å². The second-order valence-electron chi connectivity index (χ2n) is 2.80. The van der Waals surface area contributed by atoms with E-state index in [0.29, 0.717) is 0 Å². The lowest BCUT2D eigenvalue weighted by molar-refractivity contribution is -0.137. The first-order valence-electron chi connectivity index (χ1n) is 4.31. The Balaban J connectivity index is 3.02. The molecule has 0 radical (unpaired) electrons. The molecule has 0 unspecified atom stereocenters. The molecule has 0 aliphatic heterocycles. The Morgan fingerprint density at radius 3 is 2.50 bits per heavy atom. The van der Waals surface area contributed by atoms with Crippen molar-refractivity contribution in [2.75, 3.05) is 13.7 Å². The largest absolute Gasteiger partial charge is 0.493 e. The van der Waals surface area contributed by atoms with Crippen LogP contribution in [0, 0.1) is 0 Å². The fraction of sp³-hybridized carbons (Fsp3) is 0.200. The maximum absolute atomic E-state index is 10.8. The summed E-state index contributed by atoms with van der Waals surface area (Å²) in [6.07, 6.45) is 0. The molecule has 0 aliphatic rings. The molecule has 0 fully saturated rings. The zero-order chi connectivity index (χ0) is 12.1. The van der Waals surface area contributed by atoms with Gasteiger partial charge in [0, 0.05) is 0 Å². The first kappa shape index (κ1) is 12.0. The summed E-state index contributed by atoms with van der Waals surface area (Å²) in [4.78, 5) is 21.5. The van der Waals surface area contributed by atoms with Crippen molar-refractivity contribution >= 4 is 11.9 Å². The number of aliphatic hydroxyl groups excluding tert-OH is 1. The Hall–Kier alpha value is -2.08. The van der Waals surface area contributed by atoms with Gasteiger partial charge in [0.2, 0.25) is 0 Å². The highest BCUT2D eigenvalue weighted by Gasteiger charge is 2.12. The third kappa shape index (κ3) is 2.71. The van der Waals surface area contributed by atoms with Crippen LogP contribution < -0.4 is 9.47 Å². The summed E-state index contributed by atoms with van der Waals surface area (Å²) in [6, 6.07) is 3.78. The topological polar surface area (TPSA) is 93.1 Å². The number of hydrogen-bond donors (Lipinski definition) is 2. The Labute approximate surface area is 91.0 Å². The molecule has 6 nitrogen and oxygen atoms in total. The Morgan fingerprint density at radius 2 is 2.00 bits per heavy atom. The number of aliphatic hydroxyl groups is 1. The molecule has 2 N–H and O–H groups in total. The quantitative estimate of drug-likeness (QED) is 0.566. The van der Waals surface area contributed by atoms with Gasteiger partial charge in [-0.3, -0.25) is 0 Å². The Morgan fingerprint density at radius 1 is 1.31 bits per heavy atom. The number of carboxylic acid groups (broad SMARTS) is 1. The fourth-order valence-electron chi connectivity index (χ4n) is 1.04. The van der Waals surface area contributed by atoms with Crippen molar-refractivity contribution in [1.29, 1.82) is 0 Å². The molecule has 16 heavy (non-hydrogen) atoms.